The molecular formula is C17H24N2O3. The number of carbonyl (C=O) groups excluding carboxylic acids is 1. The highest BCUT2D eigenvalue weighted by atomic mass is 16.5. The Morgan fingerprint density at radius 1 is 1.36 bits per heavy atom. The number of hydrogen-bond acceptors (Lipinski definition) is 4. The van der Waals surface area contributed by atoms with E-state index in [2.05, 4.69) is 10.2 Å². The fourth-order valence-electron chi connectivity index (χ4n) is 3.79. The minimum atomic E-state index is -0.232. The van der Waals surface area contributed by atoms with Gasteiger partial charge in [0, 0.05) is 24.7 Å². The molecule has 0 unspecified atom stereocenters. The Hall–Kier alpha value is -1.33. The predicted molar refractivity (Wildman–Crippen MR) is 81.2 cm³/mol. The summed E-state index contributed by atoms with van der Waals surface area (Å²) < 4.78 is 11.2. The Morgan fingerprint density at radius 3 is 3.00 bits per heavy atom. The van der Waals surface area contributed by atoms with E-state index >= 15 is 0 Å². The third-order valence-electron chi connectivity index (χ3n) is 5.37. The molecule has 1 saturated carbocycles. The quantitative estimate of drug-likeness (QED) is 0.923. The number of piperidine rings is 1. The van der Waals surface area contributed by atoms with E-state index < -0.39 is 0 Å². The van der Waals surface area contributed by atoms with Gasteiger partial charge in [0.05, 0.1) is 18.6 Å². The third kappa shape index (κ3) is 2.92. The number of nitrogens with zero attached hydrogens (tertiary/aromatic N) is 1. The summed E-state index contributed by atoms with van der Waals surface area (Å²) >= 11 is 0. The minimum Gasteiger partial charge on any atom is -0.472 e. The molecule has 1 aliphatic carbocycles. The van der Waals surface area contributed by atoms with E-state index in [4.69, 9.17) is 9.15 Å². The van der Waals surface area contributed by atoms with Crippen LogP contribution in [-0.4, -0.2) is 42.1 Å². The van der Waals surface area contributed by atoms with Crippen molar-refractivity contribution in [1.29, 1.82) is 0 Å². The Labute approximate surface area is 131 Å². The van der Waals surface area contributed by atoms with Crippen LogP contribution in [0.2, 0.25) is 0 Å². The third-order valence-corrected chi connectivity index (χ3v) is 5.37. The molecule has 0 spiro atoms. The van der Waals surface area contributed by atoms with Crippen LogP contribution in [0.5, 0.6) is 0 Å². The van der Waals surface area contributed by atoms with E-state index in [0.717, 1.165) is 45.3 Å². The zero-order chi connectivity index (χ0) is 14.9. The maximum atomic E-state index is 12.3. The first-order valence-corrected chi connectivity index (χ1v) is 8.47. The van der Waals surface area contributed by atoms with Gasteiger partial charge in [-0.1, -0.05) is 0 Å². The molecule has 2 saturated heterocycles. The van der Waals surface area contributed by atoms with Crippen molar-refractivity contribution in [3.8, 4) is 0 Å². The molecule has 0 bridgehead atoms. The number of furan rings is 1. The van der Waals surface area contributed by atoms with Crippen LogP contribution in [0.15, 0.2) is 23.0 Å². The number of hydrogen-bond donors (Lipinski definition) is 1. The second-order valence-corrected chi connectivity index (χ2v) is 6.95. The number of fused-ring (bicyclic) bond motifs is 1. The number of ether oxygens (including phenoxy) is 1. The average molecular weight is 304 g/mol. The van der Waals surface area contributed by atoms with Gasteiger partial charge in [-0.25, -0.2) is 0 Å². The fourth-order valence-corrected chi connectivity index (χ4v) is 3.79. The first-order valence-electron chi connectivity index (χ1n) is 8.47. The number of likely N-dealkylation sites (tertiary alicyclic amines) is 1. The fraction of sp³-hybridized carbons (Fsp3) is 0.706. The molecule has 3 heterocycles. The lowest BCUT2D eigenvalue weighted by Gasteiger charge is -2.33. The maximum absolute atomic E-state index is 12.3. The van der Waals surface area contributed by atoms with Gasteiger partial charge in [-0.05, 0) is 50.6 Å². The Balaban J connectivity index is 1.30. The van der Waals surface area contributed by atoms with E-state index in [1.807, 2.05) is 6.07 Å². The summed E-state index contributed by atoms with van der Waals surface area (Å²) in [6, 6.07) is 2.41. The molecule has 1 aromatic rings. The molecule has 3 aliphatic rings. The van der Waals surface area contributed by atoms with Crippen LogP contribution in [0.4, 0.5) is 0 Å². The Morgan fingerprint density at radius 2 is 2.27 bits per heavy atom. The van der Waals surface area contributed by atoms with E-state index in [-0.39, 0.29) is 18.1 Å². The lowest BCUT2D eigenvalue weighted by Crippen LogP contribution is -2.45. The SMILES string of the molecule is O=C(NC1CCC1)[C@H]1C[C@@H]2CCN(Cc3ccoc3)C[C@@H]2O1. The van der Waals surface area contributed by atoms with Crippen LogP contribution >= 0.6 is 0 Å². The molecule has 3 atom stereocenters. The van der Waals surface area contributed by atoms with Gasteiger partial charge in [0.1, 0.15) is 6.10 Å². The second-order valence-electron chi connectivity index (χ2n) is 6.95. The summed E-state index contributed by atoms with van der Waals surface area (Å²) in [5.74, 6) is 0.651. The van der Waals surface area contributed by atoms with Crippen molar-refractivity contribution in [2.45, 2.75) is 56.9 Å². The summed E-state index contributed by atoms with van der Waals surface area (Å²) in [5, 5.41) is 3.13. The Kier molecular flexibility index (Phi) is 3.92. The van der Waals surface area contributed by atoms with Crippen LogP contribution in [0.3, 0.4) is 0 Å². The lowest BCUT2D eigenvalue weighted by molar-refractivity contribution is -0.134. The Bertz CT molecular complexity index is 512. The minimum absolute atomic E-state index is 0.112. The smallest absolute Gasteiger partial charge is 0.249 e. The monoisotopic (exact) mass is 304 g/mol. The number of amides is 1. The summed E-state index contributed by atoms with van der Waals surface area (Å²) in [4.78, 5) is 14.7. The summed E-state index contributed by atoms with van der Waals surface area (Å²) in [5.41, 5.74) is 1.20. The van der Waals surface area contributed by atoms with Gasteiger partial charge < -0.3 is 14.5 Å². The molecule has 3 fully saturated rings. The highest BCUT2D eigenvalue weighted by Crippen LogP contribution is 2.34. The zero-order valence-corrected chi connectivity index (χ0v) is 12.9. The molecular weight excluding hydrogens is 280 g/mol. The lowest BCUT2D eigenvalue weighted by atomic mass is 9.90. The van der Waals surface area contributed by atoms with Crippen LogP contribution in [0, 0.1) is 5.92 Å². The van der Waals surface area contributed by atoms with E-state index in [0.29, 0.717) is 12.0 Å². The van der Waals surface area contributed by atoms with Crippen molar-refractivity contribution >= 4 is 5.91 Å². The molecule has 0 radical (unpaired) electrons. The number of carbonyl (C=O) groups is 1. The van der Waals surface area contributed by atoms with Gasteiger partial charge >= 0.3 is 0 Å². The highest BCUT2D eigenvalue weighted by Gasteiger charge is 2.42. The van der Waals surface area contributed by atoms with Crippen LogP contribution in [0.25, 0.3) is 0 Å². The number of rotatable bonds is 4. The molecule has 0 aromatic carbocycles. The predicted octanol–water partition coefficient (Wildman–Crippen LogP) is 1.93. The van der Waals surface area contributed by atoms with Gasteiger partial charge in [0.2, 0.25) is 5.91 Å². The van der Waals surface area contributed by atoms with Crippen molar-refractivity contribution in [3.05, 3.63) is 24.2 Å². The molecule has 1 amide bonds. The standard InChI is InChI=1S/C17H24N2O3/c20-17(18-14-2-1-3-14)15-8-13-4-6-19(10-16(13)22-15)9-12-5-7-21-11-12/h5,7,11,13-16H,1-4,6,8-10H2,(H,18,20)/t13-,15+,16-/m0/s1. The van der Waals surface area contributed by atoms with Crippen LogP contribution < -0.4 is 5.32 Å². The van der Waals surface area contributed by atoms with Gasteiger partial charge in [0.15, 0.2) is 0 Å². The molecule has 4 rings (SSSR count). The van der Waals surface area contributed by atoms with Crippen molar-refractivity contribution in [2.24, 2.45) is 5.92 Å². The average Bonchev–Trinajstić information content (AvgIpc) is 3.11. The molecule has 22 heavy (non-hydrogen) atoms. The van der Waals surface area contributed by atoms with Crippen LogP contribution in [0.1, 0.15) is 37.7 Å². The van der Waals surface area contributed by atoms with Gasteiger partial charge in [0.25, 0.3) is 0 Å². The molecule has 2 aliphatic heterocycles. The molecule has 120 valence electrons. The first-order chi connectivity index (χ1) is 10.8. The summed E-state index contributed by atoms with van der Waals surface area (Å²) in [7, 11) is 0. The van der Waals surface area contributed by atoms with Gasteiger partial charge in [-0.15, -0.1) is 0 Å². The topological polar surface area (TPSA) is 54.7 Å². The molecule has 5 heteroatoms. The van der Waals surface area contributed by atoms with E-state index in [1.165, 1.54) is 12.0 Å². The number of nitrogens with one attached hydrogen (secondary N) is 1. The van der Waals surface area contributed by atoms with Crippen LogP contribution in [-0.2, 0) is 16.1 Å². The maximum Gasteiger partial charge on any atom is 0.249 e. The molecule has 1 aromatic heterocycles. The van der Waals surface area contributed by atoms with Crippen molar-refractivity contribution in [1.82, 2.24) is 10.2 Å². The van der Waals surface area contributed by atoms with E-state index in [1.54, 1.807) is 12.5 Å². The summed E-state index contributed by atoms with van der Waals surface area (Å²) in [6.07, 6.45) is 9.00. The zero-order valence-electron chi connectivity index (χ0n) is 12.9. The molecule has 1 N–H and O–H groups in total. The first kappa shape index (κ1) is 14.3. The highest BCUT2D eigenvalue weighted by molar-refractivity contribution is 5.81. The second kappa shape index (κ2) is 6.05. The van der Waals surface area contributed by atoms with Gasteiger partial charge in [-0.2, -0.15) is 0 Å². The summed E-state index contributed by atoms with van der Waals surface area (Å²) in [6.45, 7) is 2.90. The van der Waals surface area contributed by atoms with Crippen molar-refractivity contribution in [2.75, 3.05) is 13.1 Å². The van der Waals surface area contributed by atoms with Gasteiger partial charge in [-0.3, -0.25) is 9.69 Å². The van der Waals surface area contributed by atoms with Crippen molar-refractivity contribution < 1.29 is 13.9 Å². The van der Waals surface area contributed by atoms with Crippen molar-refractivity contribution in [3.63, 3.8) is 0 Å². The largest absolute Gasteiger partial charge is 0.472 e. The molecule has 5 nitrogen and oxygen atoms in total. The normalized spacial score (nSPS) is 32.5. The van der Waals surface area contributed by atoms with E-state index in [9.17, 15) is 4.79 Å².